The van der Waals surface area contributed by atoms with Crippen LogP contribution in [0.2, 0.25) is 0 Å². The lowest BCUT2D eigenvalue weighted by molar-refractivity contribution is 0.221. The molecule has 0 aliphatic carbocycles. The standard InChI is InChI=1S/C24H24BFN6/c1-31-15-19(13-28-31)17-7-16(14-32-5-3-2-4-6-32)8-21(10-17)29-24-27-12-18-9-20(25)11-22(26)23(18)30-24/h7-13,15H,2-6,14H2,1H3,(H,27,29,30). The van der Waals surface area contributed by atoms with E-state index in [1.54, 1.807) is 16.9 Å². The number of piperidine rings is 1. The minimum absolute atomic E-state index is 0.244. The van der Waals surface area contributed by atoms with Crippen molar-refractivity contribution in [3.05, 3.63) is 60.3 Å². The SMILES string of the molecule is [B]c1cc(F)c2nc(Nc3cc(CN4CCCCC4)cc(-c4cnn(C)c4)c3)ncc2c1. The molecule has 1 aliphatic heterocycles. The molecule has 1 fully saturated rings. The second kappa shape index (κ2) is 8.71. The molecule has 1 saturated heterocycles. The normalized spacial score (nSPS) is 14.7. The van der Waals surface area contributed by atoms with E-state index in [2.05, 4.69) is 37.4 Å². The number of nitrogens with zero attached hydrogens (tertiary/aromatic N) is 5. The van der Waals surface area contributed by atoms with Crippen molar-refractivity contribution in [3.63, 3.8) is 0 Å². The lowest BCUT2D eigenvalue weighted by Crippen LogP contribution is -2.29. The molecule has 3 heterocycles. The van der Waals surface area contributed by atoms with Crippen molar-refractivity contribution in [2.24, 2.45) is 7.05 Å². The monoisotopic (exact) mass is 426 g/mol. The van der Waals surface area contributed by atoms with E-state index in [0.29, 0.717) is 16.8 Å². The topological polar surface area (TPSA) is 58.9 Å². The minimum atomic E-state index is -0.458. The summed E-state index contributed by atoms with van der Waals surface area (Å²) in [6, 6.07) is 9.31. The fourth-order valence-corrected chi connectivity index (χ4v) is 4.28. The molecule has 2 radical (unpaired) electrons. The summed E-state index contributed by atoms with van der Waals surface area (Å²) in [4.78, 5) is 11.2. The van der Waals surface area contributed by atoms with Crippen LogP contribution in [0, 0.1) is 5.82 Å². The van der Waals surface area contributed by atoms with Gasteiger partial charge in [-0.3, -0.25) is 9.58 Å². The molecule has 0 unspecified atom stereocenters. The molecular weight excluding hydrogens is 402 g/mol. The van der Waals surface area contributed by atoms with Gasteiger partial charge in [0.15, 0.2) is 0 Å². The van der Waals surface area contributed by atoms with Crippen LogP contribution in [0.25, 0.3) is 22.0 Å². The summed E-state index contributed by atoms with van der Waals surface area (Å²) in [5.74, 6) is -0.117. The maximum absolute atomic E-state index is 14.4. The number of fused-ring (bicyclic) bond motifs is 1. The number of aryl methyl sites for hydroxylation is 1. The van der Waals surface area contributed by atoms with E-state index in [1.807, 2.05) is 25.5 Å². The van der Waals surface area contributed by atoms with Gasteiger partial charge in [0.1, 0.15) is 19.2 Å². The van der Waals surface area contributed by atoms with Gasteiger partial charge in [-0.05, 0) is 61.3 Å². The van der Waals surface area contributed by atoms with E-state index in [-0.39, 0.29) is 5.52 Å². The summed E-state index contributed by atoms with van der Waals surface area (Å²) < 4.78 is 16.2. The Morgan fingerprint density at radius 3 is 2.66 bits per heavy atom. The maximum Gasteiger partial charge on any atom is 0.227 e. The molecule has 5 rings (SSSR count). The number of benzene rings is 2. The third-order valence-corrected chi connectivity index (χ3v) is 5.80. The van der Waals surface area contributed by atoms with Crippen LogP contribution in [0.5, 0.6) is 0 Å². The first-order valence-corrected chi connectivity index (χ1v) is 10.9. The van der Waals surface area contributed by atoms with Crippen molar-refractivity contribution < 1.29 is 4.39 Å². The minimum Gasteiger partial charge on any atom is -0.324 e. The highest BCUT2D eigenvalue weighted by atomic mass is 19.1. The number of hydrogen-bond donors (Lipinski definition) is 1. The van der Waals surface area contributed by atoms with Gasteiger partial charge in [-0.2, -0.15) is 5.10 Å². The highest BCUT2D eigenvalue weighted by Gasteiger charge is 2.13. The first-order valence-electron chi connectivity index (χ1n) is 10.9. The van der Waals surface area contributed by atoms with Crippen molar-refractivity contribution in [1.29, 1.82) is 0 Å². The molecule has 1 N–H and O–H groups in total. The van der Waals surface area contributed by atoms with Crippen molar-refractivity contribution in [2.75, 3.05) is 18.4 Å². The molecule has 0 bridgehead atoms. The molecule has 160 valence electrons. The van der Waals surface area contributed by atoms with E-state index >= 15 is 0 Å². The Kier molecular flexibility index (Phi) is 5.61. The van der Waals surface area contributed by atoms with Gasteiger partial charge in [0.2, 0.25) is 5.95 Å². The van der Waals surface area contributed by atoms with E-state index < -0.39 is 5.82 Å². The van der Waals surface area contributed by atoms with E-state index in [4.69, 9.17) is 7.85 Å². The van der Waals surface area contributed by atoms with Gasteiger partial charge in [-0.25, -0.2) is 14.4 Å². The van der Waals surface area contributed by atoms with E-state index in [9.17, 15) is 4.39 Å². The lowest BCUT2D eigenvalue weighted by atomic mass is 9.95. The van der Waals surface area contributed by atoms with Gasteiger partial charge >= 0.3 is 0 Å². The Hall–Kier alpha value is -3.26. The molecule has 8 heteroatoms. The Labute approximate surface area is 187 Å². The summed E-state index contributed by atoms with van der Waals surface area (Å²) in [5.41, 5.74) is 4.76. The van der Waals surface area contributed by atoms with Gasteiger partial charge in [0.25, 0.3) is 0 Å². The fourth-order valence-electron chi connectivity index (χ4n) is 4.28. The van der Waals surface area contributed by atoms with Crippen LogP contribution < -0.4 is 10.8 Å². The van der Waals surface area contributed by atoms with Gasteiger partial charge in [0.05, 0.1) is 6.20 Å². The molecule has 32 heavy (non-hydrogen) atoms. The van der Waals surface area contributed by atoms with Crippen LogP contribution in [0.3, 0.4) is 0 Å². The summed E-state index contributed by atoms with van der Waals surface area (Å²) in [6.45, 7) is 3.13. The number of halogens is 1. The average Bonchev–Trinajstić information content (AvgIpc) is 3.21. The molecule has 0 amide bonds. The molecule has 6 nitrogen and oxygen atoms in total. The summed E-state index contributed by atoms with van der Waals surface area (Å²) in [7, 11) is 7.64. The number of nitrogens with one attached hydrogen (secondary N) is 1. The van der Waals surface area contributed by atoms with Crippen molar-refractivity contribution in [1.82, 2.24) is 24.6 Å². The maximum atomic E-state index is 14.4. The van der Waals surface area contributed by atoms with Crippen LogP contribution in [0.15, 0.2) is 48.9 Å². The molecule has 1 aliphatic rings. The van der Waals surface area contributed by atoms with Crippen LogP contribution in [-0.2, 0) is 13.6 Å². The molecule has 2 aromatic carbocycles. The second-order valence-corrected chi connectivity index (χ2v) is 8.42. The third kappa shape index (κ3) is 4.50. The predicted octanol–water partition coefficient (Wildman–Crippen LogP) is 3.69. The highest BCUT2D eigenvalue weighted by molar-refractivity contribution is 6.33. The first-order chi connectivity index (χ1) is 15.5. The fraction of sp³-hybridized carbons (Fsp3) is 0.292. The zero-order valence-electron chi connectivity index (χ0n) is 18.1. The smallest absolute Gasteiger partial charge is 0.227 e. The van der Waals surface area contributed by atoms with Crippen LogP contribution in [0.1, 0.15) is 24.8 Å². The average molecular weight is 426 g/mol. The van der Waals surface area contributed by atoms with Crippen molar-refractivity contribution in [2.45, 2.75) is 25.8 Å². The summed E-state index contributed by atoms with van der Waals surface area (Å²) >= 11 is 0. The molecule has 4 aromatic rings. The molecule has 2 aromatic heterocycles. The van der Waals surface area contributed by atoms with E-state index in [0.717, 1.165) is 36.4 Å². The number of rotatable bonds is 5. The van der Waals surface area contributed by atoms with Crippen molar-refractivity contribution in [3.8, 4) is 11.1 Å². The number of hydrogen-bond acceptors (Lipinski definition) is 5. The predicted molar refractivity (Wildman–Crippen MR) is 126 cm³/mol. The van der Waals surface area contributed by atoms with E-state index in [1.165, 1.54) is 30.9 Å². The van der Waals surface area contributed by atoms with Gasteiger partial charge in [-0.15, -0.1) is 0 Å². The first kappa shape index (κ1) is 20.6. The number of anilines is 2. The van der Waals surface area contributed by atoms with Gasteiger partial charge in [0, 0.05) is 42.6 Å². The largest absolute Gasteiger partial charge is 0.324 e. The van der Waals surface area contributed by atoms with Gasteiger partial charge < -0.3 is 5.32 Å². The van der Waals surface area contributed by atoms with Crippen molar-refractivity contribution >= 4 is 35.8 Å². The quantitative estimate of drug-likeness (QED) is 0.494. The van der Waals surface area contributed by atoms with Crippen LogP contribution >= 0.6 is 0 Å². The highest BCUT2D eigenvalue weighted by Crippen LogP contribution is 2.28. The van der Waals surface area contributed by atoms with Crippen LogP contribution in [0.4, 0.5) is 16.0 Å². The Morgan fingerprint density at radius 2 is 1.88 bits per heavy atom. The molecular formula is C24H24BFN6. The zero-order valence-corrected chi connectivity index (χ0v) is 18.1. The third-order valence-electron chi connectivity index (χ3n) is 5.80. The number of likely N-dealkylation sites (tertiary alicyclic amines) is 1. The molecule has 0 spiro atoms. The summed E-state index contributed by atoms with van der Waals surface area (Å²) in [6.07, 6.45) is 9.24. The molecule has 0 atom stereocenters. The Bertz CT molecular complexity index is 1260. The lowest BCUT2D eigenvalue weighted by Gasteiger charge is -2.26. The zero-order chi connectivity index (χ0) is 22.1. The second-order valence-electron chi connectivity index (χ2n) is 8.42. The summed E-state index contributed by atoms with van der Waals surface area (Å²) in [5, 5.41) is 8.15. The molecule has 0 saturated carbocycles. The van der Waals surface area contributed by atoms with Crippen LogP contribution in [-0.4, -0.2) is 45.6 Å². The Balaban J connectivity index is 1.49. The Morgan fingerprint density at radius 1 is 1.03 bits per heavy atom. The number of aromatic nitrogens is 4. The van der Waals surface area contributed by atoms with Gasteiger partial charge in [-0.1, -0.05) is 17.9 Å².